The SMILES string of the molecule is O=C(NCCc1ccc(S(=O)(=O)NC2CCCCC2)cc1)C(=O)Nc1cccc(C(F)(F)F)c1. The van der Waals surface area contributed by atoms with Crippen LogP contribution in [0.25, 0.3) is 0 Å². The maximum atomic E-state index is 12.8. The van der Waals surface area contributed by atoms with Gasteiger partial charge < -0.3 is 10.6 Å². The van der Waals surface area contributed by atoms with Crippen molar-refractivity contribution in [1.82, 2.24) is 10.0 Å². The summed E-state index contributed by atoms with van der Waals surface area (Å²) >= 11 is 0. The molecule has 1 aliphatic rings. The Hall–Kier alpha value is -2.92. The number of anilines is 1. The van der Waals surface area contributed by atoms with E-state index in [1.165, 1.54) is 18.2 Å². The zero-order valence-electron chi connectivity index (χ0n) is 18.3. The molecule has 1 aliphatic carbocycles. The van der Waals surface area contributed by atoms with Gasteiger partial charge in [-0.25, -0.2) is 13.1 Å². The minimum absolute atomic E-state index is 0.0456. The third-order valence-electron chi connectivity index (χ3n) is 5.51. The van der Waals surface area contributed by atoms with E-state index in [9.17, 15) is 31.2 Å². The van der Waals surface area contributed by atoms with Crippen LogP contribution in [0.1, 0.15) is 43.2 Å². The summed E-state index contributed by atoms with van der Waals surface area (Å²) in [6.07, 6.45) is 0.571. The first kappa shape index (κ1) is 25.7. The summed E-state index contributed by atoms with van der Waals surface area (Å²) in [4.78, 5) is 24.1. The van der Waals surface area contributed by atoms with Gasteiger partial charge in [0.05, 0.1) is 10.5 Å². The van der Waals surface area contributed by atoms with E-state index in [2.05, 4.69) is 15.4 Å². The average Bonchev–Trinajstić information content (AvgIpc) is 2.79. The van der Waals surface area contributed by atoms with Crippen molar-refractivity contribution in [2.75, 3.05) is 11.9 Å². The molecule has 1 saturated carbocycles. The smallest absolute Gasteiger partial charge is 0.347 e. The number of halogens is 3. The van der Waals surface area contributed by atoms with Crippen molar-refractivity contribution >= 4 is 27.5 Å². The standard InChI is InChI=1S/C23H26F3N3O4S/c24-23(25,26)17-5-4-8-19(15-17)28-22(31)21(30)27-14-13-16-9-11-20(12-10-16)34(32,33)29-18-6-2-1-3-7-18/h4-5,8-12,15,18,29H,1-3,6-7,13-14H2,(H,27,30)(H,28,31). The van der Waals surface area contributed by atoms with Crippen LogP contribution >= 0.6 is 0 Å². The Labute approximate surface area is 196 Å². The summed E-state index contributed by atoms with van der Waals surface area (Å²) < 4.78 is 66.1. The van der Waals surface area contributed by atoms with E-state index in [-0.39, 0.29) is 23.2 Å². The molecule has 0 heterocycles. The predicted molar refractivity (Wildman–Crippen MR) is 120 cm³/mol. The van der Waals surface area contributed by atoms with Crippen LogP contribution in [0.2, 0.25) is 0 Å². The monoisotopic (exact) mass is 497 g/mol. The Kier molecular flexibility index (Phi) is 8.32. The summed E-state index contributed by atoms with van der Waals surface area (Å²) in [5.41, 5.74) is -0.339. The predicted octanol–water partition coefficient (Wildman–Crippen LogP) is 3.61. The van der Waals surface area contributed by atoms with Crippen LogP contribution in [0.5, 0.6) is 0 Å². The first-order valence-electron chi connectivity index (χ1n) is 10.9. The number of carbonyl (C=O) groups excluding carboxylic acids is 2. The highest BCUT2D eigenvalue weighted by atomic mass is 32.2. The van der Waals surface area contributed by atoms with Gasteiger partial charge in [-0.1, -0.05) is 37.5 Å². The van der Waals surface area contributed by atoms with Crippen molar-refractivity contribution in [2.24, 2.45) is 0 Å². The molecule has 11 heteroatoms. The van der Waals surface area contributed by atoms with Gasteiger partial charge in [0.1, 0.15) is 0 Å². The number of hydrogen-bond donors (Lipinski definition) is 3. The summed E-state index contributed by atoms with van der Waals surface area (Å²) in [6.45, 7) is 0.0846. The minimum atomic E-state index is -4.57. The molecule has 0 aromatic heterocycles. The van der Waals surface area contributed by atoms with Crippen molar-refractivity contribution in [2.45, 2.75) is 55.6 Å². The molecule has 34 heavy (non-hydrogen) atoms. The Morgan fingerprint density at radius 2 is 1.62 bits per heavy atom. The first-order chi connectivity index (χ1) is 16.0. The van der Waals surface area contributed by atoms with Crippen LogP contribution in [-0.2, 0) is 32.2 Å². The maximum absolute atomic E-state index is 12.8. The second-order valence-corrected chi connectivity index (χ2v) is 9.85. The molecule has 2 aromatic carbocycles. The van der Waals surface area contributed by atoms with Gasteiger partial charge in [0, 0.05) is 18.3 Å². The molecule has 2 amide bonds. The molecule has 7 nitrogen and oxygen atoms in total. The number of alkyl halides is 3. The van der Waals surface area contributed by atoms with Crippen molar-refractivity contribution in [1.29, 1.82) is 0 Å². The van der Waals surface area contributed by atoms with Crippen LogP contribution in [0.4, 0.5) is 18.9 Å². The summed E-state index contributed by atoms with van der Waals surface area (Å²) in [6, 6.07) is 10.2. The Bertz CT molecular complexity index is 1110. The Balaban J connectivity index is 1.47. The van der Waals surface area contributed by atoms with Gasteiger partial charge in [-0.2, -0.15) is 13.2 Å². The highest BCUT2D eigenvalue weighted by Gasteiger charge is 2.30. The number of amides is 2. The fraction of sp³-hybridized carbons (Fsp3) is 0.391. The van der Waals surface area contributed by atoms with Crippen LogP contribution < -0.4 is 15.4 Å². The zero-order chi connectivity index (χ0) is 24.8. The van der Waals surface area contributed by atoms with Gasteiger partial charge in [-0.15, -0.1) is 0 Å². The summed E-state index contributed by atoms with van der Waals surface area (Å²) in [7, 11) is -3.61. The maximum Gasteiger partial charge on any atom is 0.416 e. The number of sulfonamides is 1. The van der Waals surface area contributed by atoms with E-state index in [1.807, 2.05) is 0 Å². The van der Waals surface area contributed by atoms with E-state index < -0.39 is 33.6 Å². The number of benzene rings is 2. The highest BCUT2D eigenvalue weighted by Crippen LogP contribution is 2.30. The van der Waals surface area contributed by atoms with E-state index in [0.29, 0.717) is 6.42 Å². The van der Waals surface area contributed by atoms with Crippen molar-refractivity contribution in [3.63, 3.8) is 0 Å². The fourth-order valence-electron chi connectivity index (χ4n) is 3.70. The van der Waals surface area contributed by atoms with Gasteiger partial charge >= 0.3 is 18.0 Å². The molecular formula is C23H26F3N3O4S. The van der Waals surface area contributed by atoms with Gasteiger partial charge in [0.25, 0.3) is 0 Å². The number of nitrogens with one attached hydrogen (secondary N) is 3. The van der Waals surface area contributed by atoms with Gasteiger partial charge in [0.2, 0.25) is 10.0 Å². The lowest BCUT2D eigenvalue weighted by Gasteiger charge is -2.22. The second-order valence-electron chi connectivity index (χ2n) is 8.14. The molecule has 3 N–H and O–H groups in total. The quantitative estimate of drug-likeness (QED) is 0.509. The van der Waals surface area contributed by atoms with E-state index >= 15 is 0 Å². The molecule has 0 saturated heterocycles. The van der Waals surface area contributed by atoms with E-state index in [0.717, 1.165) is 55.9 Å². The topological polar surface area (TPSA) is 104 Å². The number of rotatable bonds is 7. The van der Waals surface area contributed by atoms with Crippen molar-refractivity contribution < 1.29 is 31.2 Å². The fourth-order valence-corrected chi connectivity index (χ4v) is 5.01. The van der Waals surface area contributed by atoms with E-state index in [1.54, 1.807) is 12.1 Å². The molecule has 184 valence electrons. The normalized spacial score (nSPS) is 15.0. The zero-order valence-corrected chi connectivity index (χ0v) is 19.1. The Morgan fingerprint density at radius 1 is 0.941 bits per heavy atom. The molecule has 0 atom stereocenters. The second kappa shape index (κ2) is 11.0. The highest BCUT2D eigenvalue weighted by molar-refractivity contribution is 7.89. The molecule has 1 fully saturated rings. The van der Waals surface area contributed by atoms with Gasteiger partial charge in [-0.05, 0) is 55.2 Å². The van der Waals surface area contributed by atoms with E-state index in [4.69, 9.17) is 0 Å². The molecule has 2 aromatic rings. The lowest BCUT2D eigenvalue weighted by atomic mass is 9.96. The van der Waals surface area contributed by atoms with Gasteiger partial charge in [0.15, 0.2) is 0 Å². The molecule has 0 aliphatic heterocycles. The number of carbonyl (C=O) groups is 2. The average molecular weight is 498 g/mol. The van der Waals surface area contributed by atoms with Crippen molar-refractivity contribution in [3.8, 4) is 0 Å². The summed E-state index contributed by atoms with van der Waals surface area (Å²) in [5.74, 6) is -2.08. The van der Waals surface area contributed by atoms with Crippen molar-refractivity contribution in [3.05, 3.63) is 59.7 Å². The molecule has 0 spiro atoms. The number of hydrogen-bond acceptors (Lipinski definition) is 4. The molecule has 0 radical (unpaired) electrons. The molecule has 0 unspecified atom stereocenters. The largest absolute Gasteiger partial charge is 0.416 e. The molecular weight excluding hydrogens is 471 g/mol. The minimum Gasteiger partial charge on any atom is -0.347 e. The third kappa shape index (κ3) is 7.29. The Morgan fingerprint density at radius 3 is 2.26 bits per heavy atom. The van der Waals surface area contributed by atoms with Crippen LogP contribution in [0.3, 0.4) is 0 Å². The lowest BCUT2D eigenvalue weighted by molar-refractivity contribution is -0.137. The molecule has 3 rings (SSSR count). The van der Waals surface area contributed by atoms with Crippen LogP contribution in [0.15, 0.2) is 53.4 Å². The lowest BCUT2D eigenvalue weighted by Crippen LogP contribution is -2.36. The van der Waals surface area contributed by atoms with Crippen LogP contribution in [-0.4, -0.2) is 32.8 Å². The summed E-state index contributed by atoms with van der Waals surface area (Å²) in [5, 5.41) is 4.53. The first-order valence-corrected chi connectivity index (χ1v) is 12.4. The third-order valence-corrected chi connectivity index (χ3v) is 7.05. The molecule has 0 bridgehead atoms. The van der Waals surface area contributed by atoms with Gasteiger partial charge in [-0.3, -0.25) is 9.59 Å². The van der Waals surface area contributed by atoms with Crippen LogP contribution in [0, 0.1) is 0 Å².